The van der Waals surface area contributed by atoms with Gasteiger partial charge in [0.1, 0.15) is 34.9 Å². The van der Waals surface area contributed by atoms with Gasteiger partial charge in [0.2, 0.25) is 5.89 Å². The number of pyridine rings is 1. The van der Waals surface area contributed by atoms with Crippen LogP contribution in [0.25, 0.3) is 22.7 Å². The molecule has 2 N–H and O–H groups in total. The molecule has 2 aromatic heterocycles. The van der Waals surface area contributed by atoms with Crippen molar-refractivity contribution in [3.63, 3.8) is 0 Å². The van der Waals surface area contributed by atoms with Gasteiger partial charge in [-0.1, -0.05) is 0 Å². The van der Waals surface area contributed by atoms with Crippen molar-refractivity contribution in [1.82, 2.24) is 15.3 Å². The number of nitrogens with zero attached hydrogens (tertiary/aromatic N) is 2. The molecule has 0 aliphatic rings. The van der Waals surface area contributed by atoms with E-state index in [9.17, 15) is 9.90 Å². The van der Waals surface area contributed by atoms with Gasteiger partial charge in [0.05, 0.1) is 12.2 Å². The minimum absolute atomic E-state index is 0.123. The van der Waals surface area contributed by atoms with Crippen LogP contribution in [0.4, 0.5) is 4.79 Å². The number of hydrogen-bond donors (Lipinski definition) is 2. The first-order valence-electron chi connectivity index (χ1n) is 8.88. The Morgan fingerprint density at radius 3 is 2.75 bits per heavy atom. The van der Waals surface area contributed by atoms with E-state index in [1.165, 1.54) is 12.1 Å². The summed E-state index contributed by atoms with van der Waals surface area (Å²) >= 11 is 0. The molecule has 3 rings (SSSR count). The van der Waals surface area contributed by atoms with Crippen LogP contribution in [-0.4, -0.2) is 39.4 Å². The lowest BCUT2D eigenvalue weighted by atomic mass is 10.2. The lowest BCUT2D eigenvalue weighted by Crippen LogP contribution is -2.40. The minimum atomic E-state index is -0.548. The fourth-order valence-corrected chi connectivity index (χ4v) is 2.39. The summed E-state index contributed by atoms with van der Waals surface area (Å²) in [6.45, 7) is 7.50. The molecule has 1 amide bonds. The molecule has 8 nitrogen and oxygen atoms in total. The number of carbonyl (C=O) groups is 1. The third-order valence-corrected chi connectivity index (χ3v) is 3.59. The Morgan fingerprint density at radius 2 is 2.07 bits per heavy atom. The van der Waals surface area contributed by atoms with Gasteiger partial charge in [-0.25, -0.2) is 14.8 Å². The Morgan fingerprint density at radius 1 is 1.29 bits per heavy atom. The van der Waals surface area contributed by atoms with E-state index in [-0.39, 0.29) is 18.4 Å². The Kier molecular flexibility index (Phi) is 5.39. The number of hydrogen-bond acceptors (Lipinski definition) is 7. The molecule has 0 bridgehead atoms. The van der Waals surface area contributed by atoms with Crippen LogP contribution in [0.15, 0.2) is 40.9 Å². The molecule has 1 aromatic carbocycles. The summed E-state index contributed by atoms with van der Waals surface area (Å²) in [6, 6.07) is 7.95. The van der Waals surface area contributed by atoms with E-state index < -0.39 is 11.7 Å². The standard InChI is InChI=1S/C20H23N3O5/c1-12(22-19(25)28-20(2,3)4)11-26-14-6-7-15(21-10-14)18-23-16-9-13(24)5-8-17(16)27-18/h5-10,12,24H,11H2,1-4H3,(H,22,25)/t12-/m0/s1. The molecule has 8 heteroatoms. The van der Waals surface area contributed by atoms with Gasteiger partial charge in [0.25, 0.3) is 0 Å². The number of aromatic hydroxyl groups is 1. The quantitative estimate of drug-likeness (QED) is 0.686. The van der Waals surface area contributed by atoms with Crippen LogP contribution in [0.1, 0.15) is 27.7 Å². The van der Waals surface area contributed by atoms with Crippen molar-refractivity contribution < 1.29 is 23.8 Å². The second kappa shape index (κ2) is 7.75. The molecule has 0 aliphatic carbocycles. The van der Waals surface area contributed by atoms with Crippen molar-refractivity contribution >= 4 is 17.2 Å². The van der Waals surface area contributed by atoms with Gasteiger partial charge in [-0.2, -0.15) is 0 Å². The van der Waals surface area contributed by atoms with Crippen molar-refractivity contribution in [2.75, 3.05) is 6.61 Å². The van der Waals surface area contributed by atoms with Crippen molar-refractivity contribution in [2.45, 2.75) is 39.3 Å². The van der Waals surface area contributed by atoms with E-state index in [4.69, 9.17) is 13.9 Å². The Labute approximate surface area is 162 Å². The average molecular weight is 385 g/mol. The normalized spacial score (nSPS) is 12.6. The van der Waals surface area contributed by atoms with Crippen LogP contribution < -0.4 is 10.1 Å². The van der Waals surface area contributed by atoms with E-state index >= 15 is 0 Å². The molecule has 0 saturated carbocycles. The highest BCUT2D eigenvalue weighted by molar-refractivity contribution is 5.77. The number of amides is 1. The Balaban J connectivity index is 1.57. The number of alkyl carbamates (subject to hydrolysis) is 1. The molecule has 2 heterocycles. The summed E-state index contributed by atoms with van der Waals surface area (Å²) in [5.74, 6) is 1.03. The molecule has 28 heavy (non-hydrogen) atoms. The number of phenolic OH excluding ortho intramolecular Hbond substituents is 1. The molecule has 0 fully saturated rings. The zero-order chi connectivity index (χ0) is 20.3. The number of aromatic nitrogens is 2. The molecule has 0 aliphatic heterocycles. The van der Waals surface area contributed by atoms with Crippen molar-refractivity contribution in [1.29, 1.82) is 0 Å². The summed E-state index contributed by atoms with van der Waals surface area (Å²) in [7, 11) is 0. The number of carbonyl (C=O) groups excluding carboxylic acids is 1. The average Bonchev–Trinajstić information content (AvgIpc) is 3.01. The number of fused-ring (bicyclic) bond motifs is 1. The summed E-state index contributed by atoms with van der Waals surface area (Å²) in [5.41, 5.74) is 1.12. The summed E-state index contributed by atoms with van der Waals surface area (Å²) in [6.07, 6.45) is 1.07. The molecular formula is C20H23N3O5. The van der Waals surface area contributed by atoms with Crippen LogP contribution in [-0.2, 0) is 4.74 Å². The molecular weight excluding hydrogens is 362 g/mol. The van der Waals surface area contributed by atoms with Gasteiger partial charge in [0, 0.05) is 6.07 Å². The first-order chi connectivity index (χ1) is 13.2. The van der Waals surface area contributed by atoms with Gasteiger partial charge in [-0.05, 0) is 52.0 Å². The molecule has 0 unspecified atom stereocenters. The lowest BCUT2D eigenvalue weighted by Gasteiger charge is -2.22. The maximum absolute atomic E-state index is 11.7. The monoisotopic (exact) mass is 385 g/mol. The summed E-state index contributed by atoms with van der Waals surface area (Å²) in [5, 5.41) is 12.2. The van der Waals surface area contributed by atoms with Crippen LogP contribution in [0.5, 0.6) is 11.5 Å². The van der Waals surface area contributed by atoms with Crippen LogP contribution in [0, 0.1) is 0 Å². The maximum Gasteiger partial charge on any atom is 0.407 e. The third-order valence-electron chi connectivity index (χ3n) is 3.59. The molecule has 0 saturated heterocycles. The van der Waals surface area contributed by atoms with E-state index in [0.717, 1.165) is 0 Å². The lowest BCUT2D eigenvalue weighted by molar-refractivity contribution is 0.0494. The number of ether oxygens (including phenoxy) is 2. The zero-order valence-corrected chi connectivity index (χ0v) is 16.2. The minimum Gasteiger partial charge on any atom is -0.508 e. The second-order valence-electron chi connectivity index (χ2n) is 7.41. The number of phenols is 1. The first-order valence-corrected chi connectivity index (χ1v) is 8.88. The first kappa shape index (κ1) is 19.5. The predicted octanol–water partition coefficient (Wildman–Crippen LogP) is 3.89. The highest BCUT2D eigenvalue weighted by Crippen LogP contribution is 2.26. The molecule has 1 atom stereocenters. The molecule has 3 aromatic rings. The molecule has 0 radical (unpaired) electrons. The summed E-state index contributed by atoms with van der Waals surface area (Å²) < 4.78 is 16.5. The Hall–Kier alpha value is -3.29. The third kappa shape index (κ3) is 5.12. The van der Waals surface area contributed by atoms with Gasteiger partial charge in [-0.15, -0.1) is 0 Å². The molecule has 148 valence electrons. The fraction of sp³-hybridized carbons (Fsp3) is 0.350. The van der Waals surface area contributed by atoms with Gasteiger partial charge in [-0.3, -0.25) is 0 Å². The number of oxazole rings is 1. The summed E-state index contributed by atoms with van der Waals surface area (Å²) in [4.78, 5) is 20.4. The SMILES string of the molecule is C[C@@H](COc1ccc(-c2nc3cc(O)ccc3o2)nc1)NC(=O)OC(C)(C)C. The molecule has 0 spiro atoms. The Bertz CT molecular complexity index is 960. The topological polar surface area (TPSA) is 107 Å². The van der Waals surface area contributed by atoms with Gasteiger partial charge < -0.3 is 24.3 Å². The zero-order valence-electron chi connectivity index (χ0n) is 16.2. The number of nitrogens with one attached hydrogen (secondary N) is 1. The largest absolute Gasteiger partial charge is 0.508 e. The number of benzene rings is 1. The van der Waals surface area contributed by atoms with Crippen LogP contribution in [0.2, 0.25) is 0 Å². The van der Waals surface area contributed by atoms with Gasteiger partial charge in [0.15, 0.2) is 5.58 Å². The van der Waals surface area contributed by atoms with Crippen LogP contribution in [0.3, 0.4) is 0 Å². The maximum atomic E-state index is 11.7. The fourth-order valence-electron chi connectivity index (χ4n) is 2.39. The highest BCUT2D eigenvalue weighted by Gasteiger charge is 2.18. The van der Waals surface area contributed by atoms with E-state index in [1.807, 2.05) is 6.92 Å². The van der Waals surface area contributed by atoms with Crippen molar-refractivity contribution in [2.24, 2.45) is 0 Å². The van der Waals surface area contributed by atoms with E-state index in [0.29, 0.717) is 28.4 Å². The smallest absolute Gasteiger partial charge is 0.407 e. The van der Waals surface area contributed by atoms with Gasteiger partial charge >= 0.3 is 6.09 Å². The predicted molar refractivity (Wildman–Crippen MR) is 103 cm³/mol. The number of rotatable bonds is 5. The van der Waals surface area contributed by atoms with Crippen molar-refractivity contribution in [3.8, 4) is 23.1 Å². The second-order valence-corrected chi connectivity index (χ2v) is 7.41. The van der Waals surface area contributed by atoms with Crippen LogP contribution >= 0.6 is 0 Å². The van der Waals surface area contributed by atoms with E-state index in [2.05, 4.69) is 15.3 Å². The van der Waals surface area contributed by atoms with E-state index in [1.54, 1.807) is 45.2 Å². The van der Waals surface area contributed by atoms with Crippen molar-refractivity contribution in [3.05, 3.63) is 36.5 Å². The highest BCUT2D eigenvalue weighted by atomic mass is 16.6.